The van der Waals surface area contributed by atoms with Gasteiger partial charge in [-0.05, 0) is 19.8 Å². The molecule has 0 radical (unpaired) electrons. The van der Waals surface area contributed by atoms with Crippen LogP contribution >= 0.6 is 11.6 Å². The van der Waals surface area contributed by atoms with E-state index >= 15 is 0 Å². The lowest BCUT2D eigenvalue weighted by atomic mass is 10.0. The van der Waals surface area contributed by atoms with E-state index in [1.54, 1.807) is 0 Å². The lowest BCUT2D eigenvalue weighted by Gasteiger charge is -2.32. The van der Waals surface area contributed by atoms with E-state index in [-0.39, 0.29) is 24.2 Å². The molecule has 2 unspecified atom stereocenters. The number of rotatable bonds is 3. The highest BCUT2D eigenvalue weighted by Gasteiger charge is 2.27. The van der Waals surface area contributed by atoms with E-state index < -0.39 is 0 Å². The highest BCUT2D eigenvalue weighted by atomic mass is 35.5. The molecule has 0 spiro atoms. The number of hydrogen-bond donors (Lipinski definition) is 0. The van der Waals surface area contributed by atoms with Crippen molar-refractivity contribution >= 4 is 11.6 Å². The van der Waals surface area contributed by atoms with Crippen LogP contribution in [0.3, 0.4) is 0 Å². The van der Waals surface area contributed by atoms with Crippen LogP contribution in [-0.2, 0) is 4.74 Å². The Kier molecular flexibility index (Phi) is 4.63. The Morgan fingerprint density at radius 3 is 2.47 bits per heavy atom. The van der Waals surface area contributed by atoms with Crippen molar-refractivity contribution in [3.05, 3.63) is 17.0 Å². The maximum absolute atomic E-state index is 6.14. The van der Waals surface area contributed by atoms with Gasteiger partial charge in [0.15, 0.2) is 0 Å². The molecule has 0 aliphatic carbocycles. The minimum atomic E-state index is 0.127. The summed E-state index contributed by atoms with van der Waals surface area (Å²) in [5, 5.41) is 0.480. The fraction of sp³-hybridized carbons (Fsp3) is 0.714. The fourth-order valence-electron chi connectivity index (χ4n) is 2.54. The zero-order valence-corrected chi connectivity index (χ0v) is 12.6. The summed E-state index contributed by atoms with van der Waals surface area (Å²) in [6.45, 7) is 8.27. The standard InChI is InChI=1S/C14H21ClN2O2/c1-8(2)12-13(15)16-7-17-14(12)19-11-5-9(3)18-10(4)6-11/h7-11H,5-6H2,1-4H3. The highest BCUT2D eigenvalue weighted by Crippen LogP contribution is 2.32. The van der Waals surface area contributed by atoms with Gasteiger partial charge in [-0.3, -0.25) is 0 Å². The van der Waals surface area contributed by atoms with Crippen molar-refractivity contribution in [2.24, 2.45) is 0 Å². The van der Waals surface area contributed by atoms with E-state index in [4.69, 9.17) is 21.1 Å². The number of ether oxygens (including phenoxy) is 2. The van der Waals surface area contributed by atoms with E-state index in [0.29, 0.717) is 11.0 Å². The molecule has 1 aliphatic rings. The van der Waals surface area contributed by atoms with E-state index in [2.05, 4.69) is 37.7 Å². The summed E-state index contributed by atoms with van der Waals surface area (Å²) in [5.74, 6) is 0.847. The second kappa shape index (κ2) is 6.06. The number of nitrogens with zero attached hydrogens (tertiary/aromatic N) is 2. The molecule has 1 fully saturated rings. The number of halogens is 1. The molecule has 0 amide bonds. The van der Waals surface area contributed by atoms with Gasteiger partial charge in [-0.1, -0.05) is 25.4 Å². The third-order valence-corrected chi connectivity index (χ3v) is 3.61. The first kappa shape index (κ1) is 14.5. The topological polar surface area (TPSA) is 44.2 Å². The molecule has 0 N–H and O–H groups in total. The summed E-state index contributed by atoms with van der Waals surface area (Å²) in [5.41, 5.74) is 0.885. The van der Waals surface area contributed by atoms with Crippen molar-refractivity contribution in [3.63, 3.8) is 0 Å². The molecule has 1 aliphatic heterocycles. The smallest absolute Gasteiger partial charge is 0.221 e. The summed E-state index contributed by atoms with van der Waals surface area (Å²) >= 11 is 6.14. The first-order chi connectivity index (χ1) is 8.97. The molecular formula is C14H21ClN2O2. The predicted octanol–water partition coefficient (Wildman–Crippen LogP) is 3.59. The van der Waals surface area contributed by atoms with Crippen molar-refractivity contribution in [1.82, 2.24) is 9.97 Å². The van der Waals surface area contributed by atoms with Gasteiger partial charge in [-0.15, -0.1) is 0 Å². The van der Waals surface area contributed by atoms with Gasteiger partial charge < -0.3 is 9.47 Å². The molecule has 1 saturated heterocycles. The van der Waals surface area contributed by atoms with Crippen LogP contribution in [0.2, 0.25) is 5.15 Å². The van der Waals surface area contributed by atoms with E-state index in [1.807, 2.05) is 0 Å². The third-order valence-electron chi connectivity index (χ3n) is 3.31. The molecule has 4 nitrogen and oxygen atoms in total. The zero-order chi connectivity index (χ0) is 14.0. The quantitative estimate of drug-likeness (QED) is 0.796. The largest absolute Gasteiger partial charge is 0.474 e. The molecule has 5 heteroatoms. The lowest BCUT2D eigenvalue weighted by molar-refractivity contribution is -0.0732. The monoisotopic (exact) mass is 284 g/mol. The average Bonchev–Trinajstić information content (AvgIpc) is 2.26. The van der Waals surface area contributed by atoms with Gasteiger partial charge in [-0.25, -0.2) is 9.97 Å². The molecule has 106 valence electrons. The fourth-order valence-corrected chi connectivity index (χ4v) is 2.88. The Bertz CT molecular complexity index is 429. The van der Waals surface area contributed by atoms with Crippen LogP contribution < -0.4 is 4.74 Å². The number of hydrogen-bond acceptors (Lipinski definition) is 4. The van der Waals surface area contributed by atoms with Crippen molar-refractivity contribution in [1.29, 1.82) is 0 Å². The average molecular weight is 285 g/mol. The van der Waals surface area contributed by atoms with Gasteiger partial charge in [0.25, 0.3) is 0 Å². The first-order valence-corrected chi connectivity index (χ1v) is 7.17. The van der Waals surface area contributed by atoms with Gasteiger partial charge in [0, 0.05) is 12.8 Å². The SMILES string of the molecule is CC1CC(Oc2ncnc(Cl)c2C(C)C)CC(C)O1. The van der Waals surface area contributed by atoms with E-state index in [9.17, 15) is 0 Å². The highest BCUT2D eigenvalue weighted by molar-refractivity contribution is 6.30. The molecule has 0 aromatic carbocycles. The molecule has 1 aromatic rings. The molecular weight excluding hydrogens is 264 g/mol. The molecule has 0 saturated carbocycles. The van der Waals surface area contributed by atoms with E-state index in [0.717, 1.165) is 18.4 Å². The van der Waals surface area contributed by atoms with Crippen molar-refractivity contribution in [3.8, 4) is 5.88 Å². The Morgan fingerprint density at radius 1 is 1.26 bits per heavy atom. The van der Waals surface area contributed by atoms with Crippen molar-refractivity contribution < 1.29 is 9.47 Å². The van der Waals surface area contributed by atoms with Crippen molar-refractivity contribution in [2.45, 2.75) is 64.8 Å². The lowest BCUT2D eigenvalue weighted by Crippen LogP contribution is -2.36. The molecule has 2 heterocycles. The summed E-state index contributed by atoms with van der Waals surface area (Å²) in [4.78, 5) is 8.28. The predicted molar refractivity (Wildman–Crippen MR) is 74.8 cm³/mol. The zero-order valence-electron chi connectivity index (χ0n) is 11.9. The van der Waals surface area contributed by atoms with Crippen LogP contribution in [0.25, 0.3) is 0 Å². The van der Waals surface area contributed by atoms with Gasteiger partial charge in [0.1, 0.15) is 17.6 Å². The summed E-state index contributed by atoms with van der Waals surface area (Å²) in [7, 11) is 0. The van der Waals surface area contributed by atoms with Gasteiger partial charge in [0.2, 0.25) is 5.88 Å². The molecule has 0 bridgehead atoms. The normalized spacial score (nSPS) is 27.6. The second-order valence-electron chi connectivity index (χ2n) is 5.51. The van der Waals surface area contributed by atoms with Crippen molar-refractivity contribution in [2.75, 3.05) is 0 Å². The summed E-state index contributed by atoms with van der Waals surface area (Å²) < 4.78 is 11.8. The van der Waals surface area contributed by atoms with Crippen LogP contribution in [0.1, 0.15) is 52.0 Å². The second-order valence-corrected chi connectivity index (χ2v) is 5.86. The van der Waals surface area contributed by atoms with Crippen LogP contribution in [0, 0.1) is 0 Å². The maximum atomic E-state index is 6.14. The summed E-state index contributed by atoms with van der Waals surface area (Å²) in [6, 6.07) is 0. The van der Waals surface area contributed by atoms with Crippen LogP contribution in [0.15, 0.2) is 6.33 Å². The van der Waals surface area contributed by atoms with Gasteiger partial charge in [0.05, 0.1) is 17.8 Å². The molecule has 2 rings (SSSR count). The number of aromatic nitrogens is 2. The van der Waals surface area contributed by atoms with Gasteiger partial charge in [-0.2, -0.15) is 0 Å². The van der Waals surface area contributed by atoms with Crippen LogP contribution in [0.4, 0.5) is 0 Å². The Balaban J connectivity index is 2.17. The van der Waals surface area contributed by atoms with Crippen LogP contribution in [0.5, 0.6) is 5.88 Å². The minimum Gasteiger partial charge on any atom is -0.474 e. The first-order valence-electron chi connectivity index (χ1n) is 6.79. The molecule has 19 heavy (non-hydrogen) atoms. The third kappa shape index (κ3) is 3.57. The molecule has 1 aromatic heterocycles. The Hall–Kier alpha value is -0.870. The summed E-state index contributed by atoms with van der Waals surface area (Å²) in [6.07, 6.45) is 3.77. The van der Waals surface area contributed by atoms with Gasteiger partial charge >= 0.3 is 0 Å². The minimum absolute atomic E-state index is 0.127. The van der Waals surface area contributed by atoms with E-state index in [1.165, 1.54) is 6.33 Å². The Morgan fingerprint density at radius 2 is 1.89 bits per heavy atom. The Labute approximate surface area is 119 Å². The maximum Gasteiger partial charge on any atom is 0.221 e. The molecule has 2 atom stereocenters. The van der Waals surface area contributed by atoms with Crippen LogP contribution in [-0.4, -0.2) is 28.3 Å².